The third kappa shape index (κ3) is 3.60. The van der Waals surface area contributed by atoms with E-state index < -0.39 is 0 Å². The number of hydrogen-bond acceptors (Lipinski definition) is 3. The number of halogens is 2. The van der Waals surface area contributed by atoms with E-state index in [-0.39, 0.29) is 12.1 Å². The molecule has 2 aromatic heterocycles. The lowest BCUT2D eigenvalue weighted by Gasteiger charge is -2.28. The van der Waals surface area contributed by atoms with E-state index >= 15 is 0 Å². The van der Waals surface area contributed by atoms with E-state index in [9.17, 15) is 0 Å². The summed E-state index contributed by atoms with van der Waals surface area (Å²) in [4.78, 5) is 10.2. The van der Waals surface area contributed by atoms with E-state index in [2.05, 4.69) is 56.6 Å². The average molecular weight is 539 g/mol. The minimum atomic E-state index is -0.0907. The number of H-pyrrole nitrogens is 1. The van der Waals surface area contributed by atoms with Gasteiger partial charge in [0, 0.05) is 32.4 Å². The molecule has 0 spiro atoms. The van der Waals surface area contributed by atoms with Crippen molar-refractivity contribution in [3.63, 3.8) is 0 Å². The van der Waals surface area contributed by atoms with Gasteiger partial charge >= 0.3 is 0 Å². The first-order valence-corrected chi connectivity index (χ1v) is 11.0. The third-order valence-corrected chi connectivity index (χ3v) is 7.15. The van der Waals surface area contributed by atoms with Crippen LogP contribution >= 0.6 is 46.4 Å². The molecule has 5 nitrogen and oxygen atoms in total. The van der Waals surface area contributed by atoms with Crippen LogP contribution in [0.3, 0.4) is 0 Å². The molecular weight excluding hydrogens is 519 g/mol. The van der Waals surface area contributed by atoms with E-state index in [1.807, 2.05) is 42.6 Å². The highest BCUT2D eigenvalue weighted by molar-refractivity contribution is 14.1. The van der Waals surface area contributed by atoms with E-state index in [1.54, 1.807) is 7.11 Å². The van der Waals surface area contributed by atoms with Crippen LogP contribution < -0.4 is 15.0 Å². The molecule has 0 bridgehead atoms. The quantitative estimate of drug-likeness (QED) is 0.341. The Labute approximate surface area is 194 Å². The molecule has 150 valence electrons. The predicted octanol–water partition coefficient (Wildman–Crippen LogP) is 5.47. The maximum Gasteiger partial charge on any atom is 0.174 e. The van der Waals surface area contributed by atoms with Crippen molar-refractivity contribution in [2.45, 2.75) is 25.9 Å². The Morgan fingerprint density at radius 3 is 2.59 bits per heavy atom. The molecule has 1 saturated heterocycles. The van der Waals surface area contributed by atoms with Gasteiger partial charge in [0.15, 0.2) is 5.11 Å². The molecule has 0 saturated carbocycles. The number of methoxy groups -OCH3 is 1. The number of aromatic nitrogens is 2. The van der Waals surface area contributed by atoms with Gasteiger partial charge < -0.3 is 19.9 Å². The van der Waals surface area contributed by atoms with Crippen molar-refractivity contribution in [1.29, 1.82) is 0 Å². The third-order valence-electron chi connectivity index (χ3n) is 5.15. The Morgan fingerprint density at radius 2 is 2.00 bits per heavy atom. The first kappa shape index (κ1) is 20.4. The second kappa shape index (κ2) is 8.12. The zero-order valence-electron chi connectivity index (χ0n) is 16.2. The van der Waals surface area contributed by atoms with Gasteiger partial charge in [-0.2, -0.15) is 0 Å². The molecule has 4 rings (SSSR count). The monoisotopic (exact) mass is 538 g/mol. The number of pyridine rings is 1. The maximum absolute atomic E-state index is 6.43. The van der Waals surface area contributed by atoms with Gasteiger partial charge in [-0.15, -0.1) is 0 Å². The van der Waals surface area contributed by atoms with Gasteiger partial charge in [-0.3, -0.25) is 4.98 Å². The number of aromatic amines is 1. The van der Waals surface area contributed by atoms with E-state index in [0.29, 0.717) is 15.9 Å². The fourth-order valence-electron chi connectivity index (χ4n) is 3.85. The Balaban J connectivity index is 1.89. The number of ether oxygens (including phenoxy) is 1. The molecule has 1 fully saturated rings. The minimum absolute atomic E-state index is 0.0706. The zero-order chi connectivity index (χ0) is 20.7. The minimum Gasteiger partial charge on any atom is -0.495 e. The second-order valence-electron chi connectivity index (χ2n) is 6.92. The number of aryl methyl sites for hydroxylation is 2. The standard InChI is InChI=1S/C21H20ClIN4OS/c1-11-17(18(23)12(2)25-11)20-19(15-6-4-5-9-24-15)26-21(29)27(20)13-7-8-16(28-3)14(22)10-13/h4-10,19-20,25H,1-3H3,(H,26,29)/t19-,20+/m0/s1. The van der Waals surface area contributed by atoms with Gasteiger partial charge in [-0.1, -0.05) is 17.7 Å². The fourth-order valence-corrected chi connectivity index (χ4v) is 5.31. The van der Waals surface area contributed by atoms with Gasteiger partial charge in [0.1, 0.15) is 5.75 Å². The van der Waals surface area contributed by atoms with Crippen molar-refractivity contribution in [3.8, 4) is 5.75 Å². The summed E-state index contributed by atoms with van der Waals surface area (Å²) < 4.78 is 6.51. The Morgan fingerprint density at radius 1 is 1.21 bits per heavy atom. The summed E-state index contributed by atoms with van der Waals surface area (Å²) in [5.74, 6) is 0.634. The number of benzene rings is 1. The number of anilines is 1. The van der Waals surface area contributed by atoms with E-state index in [1.165, 1.54) is 9.13 Å². The van der Waals surface area contributed by atoms with Gasteiger partial charge in [0.05, 0.1) is 29.9 Å². The topological polar surface area (TPSA) is 53.2 Å². The van der Waals surface area contributed by atoms with Crippen LogP contribution in [-0.4, -0.2) is 22.2 Å². The van der Waals surface area contributed by atoms with Crippen LogP contribution in [-0.2, 0) is 0 Å². The highest BCUT2D eigenvalue weighted by Gasteiger charge is 2.43. The lowest BCUT2D eigenvalue weighted by atomic mass is 9.96. The van der Waals surface area contributed by atoms with Crippen LogP contribution in [0.2, 0.25) is 5.02 Å². The summed E-state index contributed by atoms with van der Waals surface area (Å²) in [5.41, 5.74) is 5.32. The summed E-state index contributed by atoms with van der Waals surface area (Å²) in [6.07, 6.45) is 1.81. The molecule has 2 N–H and O–H groups in total. The Kier molecular flexibility index (Phi) is 5.72. The lowest BCUT2D eigenvalue weighted by molar-refractivity contribution is 0.415. The highest BCUT2D eigenvalue weighted by Crippen LogP contribution is 2.45. The largest absolute Gasteiger partial charge is 0.495 e. The average Bonchev–Trinajstić information content (AvgIpc) is 3.17. The molecule has 0 amide bonds. The number of thiocarbonyl (C=S) groups is 1. The molecule has 1 aliphatic rings. The molecule has 2 atom stereocenters. The van der Waals surface area contributed by atoms with Crippen molar-refractivity contribution in [3.05, 3.63) is 73.8 Å². The summed E-state index contributed by atoms with van der Waals surface area (Å²) >= 11 is 14.6. The van der Waals surface area contributed by atoms with Crippen molar-refractivity contribution >= 4 is 57.2 Å². The smallest absolute Gasteiger partial charge is 0.174 e. The molecule has 0 radical (unpaired) electrons. The van der Waals surface area contributed by atoms with Crippen LogP contribution in [0.25, 0.3) is 0 Å². The SMILES string of the molecule is COc1ccc(N2C(=S)N[C@@H](c3ccccn3)[C@H]2c2c(C)[nH]c(C)c2I)cc1Cl. The highest BCUT2D eigenvalue weighted by atomic mass is 127. The molecule has 3 heterocycles. The van der Waals surface area contributed by atoms with Crippen molar-refractivity contribution in [2.24, 2.45) is 0 Å². The van der Waals surface area contributed by atoms with E-state index in [0.717, 1.165) is 22.8 Å². The Hall–Kier alpha value is -1.84. The normalized spacial score (nSPS) is 18.8. The van der Waals surface area contributed by atoms with Gasteiger partial charge in [-0.25, -0.2) is 0 Å². The molecule has 1 aromatic carbocycles. The van der Waals surface area contributed by atoms with Gasteiger partial charge in [0.25, 0.3) is 0 Å². The summed E-state index contributed by atoms with van der Waals surface area (Å²) in [6, 6.07) is 11.5. The van der Waals surface area contributed by atoms with Crippen LogP contribution in [0, 0.1) is 17.4 Å². The molecule has 0 unspecified atom stereocenters. The lowest BCUT2D eigenvalue weighted by Crippen LogP contribution is -2.29. The molecule has 1 aliphatic heterocycles. The van der Waals surface area contributed by atoms with Crippen LogP contribution in [0.4, 0.5) is 5.69 Å². The summed E-state index contributed by atoms with van der Waals surface area (Å²) in [6.45, 7) is 4.18. The molecular formula is C21H20ClIN4OS. The molecule has 29 heavy (non-hydrogen) atoms. The van der Waals surface area contributed by atoms with Crippen molar-refractivity contribution in [1.82, 2.24) is 15.3 Å². The fraction of sp³-hybridized carbons (Fsp3) is 0.238. The number of nitrogens with one attached hydrogen (secondary N) is 2. The zero-order valence-corrected chi connectivity index (χ0v) is 19.9. The predicted molar refractivity (Wildman–Crippen MR) is 129 cm³/mol. The van der Waals surface area contributed by atoms with Gasteiger partial charge in [-0.05, 0) is 79.0 Å². The van der Waals surface area contributed by atoms with Crippen molar-refractivity contribution < 1.29 is 4.74 Å². The maximum atomic E-state index is 6.43. The molecule has 8 heteroatoms. The Bertz CT molecular complexity index is 1070. The van der Waals surface area contributed by atoms with Gasteiger partial charge in [0.2, 0.25) is 0 Å². The van der Waals surface area contributed by atoms with Crippen molar-refractivity contribution in [2.75, 3.05) is 12.0 Å². The molecule has 3 aromatic rings. The van der Waals surface area contributed by atoms with Crippen LogP contribution in [0.15, 0.2) is 42.6 Å². The summed E-state index contributed by atoms with van der Waals surface area (Å²) in [5, 5.41) is 4.67. The molecule has 0 aliphatic carbocycles. The first-order valence-electron chi connectivity index (χ1n) is 9.11. The van der Waals surface area contributed by atoms with E-state index in [4.69, 9.17) is 28.6 Å². The second-order valence-corrected chi connectivity index (χ2v) is 8.79. The number of rotatable bonds is 4. The first-order chi connectivity index (χ1) is 13.9. The number of nitrogens with zero attached hydrogens (tertiary/aromatic N) is 2. The van der Waals surface area contributed by atoms with Crippen LogP contribution in [0.1, 0.15) is 34.7 Å². The summed E-state index contributed by atoms with van der Waals surface area (Å²) in [7, 11) is 1.61. The number of hydrogen-bond donors (Lipinski definition) is 2. The van der Waals surface area contributed by atoms with Crippen LogP contribution in [0.5, 0.6) is 5.75 Å².